The first kappa shape index (κ1) is 17.5. The van der Waals surface area contributed by atoms with Gasteiger partial charge in [0.25, 0.3) is 5.91 Å². The second-order valence-electron chi connectivity index (χ2n) is 5.96. The number of thiazole rings is 2. The van der Waals surface area contributed by atoms with Crippen molar-refractivity contribution in [3.63, 3.8) is 0 Å². The summed E-state index contributed by atoms with van der Waals surface area (Å²) in [4.78, 5) is 26.5. The molecule has 1 amide bonds. The Kier molecular flexibility index (Phi) is 4.79. The molecule has 4 aromatic rings. The molecule has 5 nitrogen and oxygen atoms in total. The van der Waals surface area contributed by atoms with Crippen molar-refractivity contribution >= 4 is 34.3 Å². The van der Waals surface area contributed by atoms with Crippen molar-refractivity contribution in [2.24, 2.45) is 0 Å². The number of nitrogens with one attached hydrogen (secondary N) is 1. The fraction of sp³-hybridized carbons (Fsp3) is 0.100. The maximum absolute atomic E-state index is 12.8. The van der Waals surface area contributed by atoms with Crippen LogP contribution in [0.2, 0.25) is 0 Å². The van der Waals surface area contributed by atoms with Crippen molar-refractivity contribution in [2.75, 3.05) is 5.32 Å². The van der Waals surface area contributed by atoms with Gasteiger partial charge in [-0.15, -0.1) is 22.7 Å². The van der Waals surface area contributed by atoms with Gasteiger partial charge in [0.15, 0.2) is 0 Å². The molecule has 3 heterocycles. The largest absolute Gasteiger partial charge is 0.321 e. The first-order valence-corrected chi connectivity index (χ1v) is 10.0. The van der Waals surface area contributed by atoms with Crippen LogP contribution in [-0.2, 0) is 0 Å². The van der Waals surface area contributed by atoms with E-state index in [4.69, 9.17) is 0 Å². The molecule has 0 aliphatic heterocycles. The van der Waals surface area contributed by atoms with E-state index in [-0.39, 0.29) is 5.91 Å². The second-order valence-corrected chi connectivity index (χ2v) is 8.02. The van der Waals surface area contributed by atoms with E-state index in [1.54, 1.807) is 23.7 Å². The summed E-state index contributed by atoms with van der Waals surface area (Å²) in [5, 5.41) is 6.80. The molecule has 4 rings (SSSR count). The number of carbonyl (C=O) groups excluding carboxylic acids is 1. The number of aromatic nitrogens is 3. The average molecular weight is 393 g/mol. The van der Waals surface area contributed by atoms with Gasteiger partial charge < -0.3 is 5.32 Å². The zero-order valence-corrected chi connectivity index (χ0v) is 16.4. The van der Waals surface area contributed by atoms with Gasteiger partial charge in [-0.25, -0.2) is 9.97 Å². The number of hydrogen-bond acceptors (Lipinski definition) is 6. The zero-order chi connectivity index (χ0) is 18.8. The SMILES string of the molecule is Cc1nc(-c2cccc(NC(=O)c3sc(-c4cccnc4)nc3C)c2)cs1. The van der Waals surface area contributed by atoms with E-state index in [0.29, 0.717) is 10.6 Å². The van der Waals surface area contributed by atoms with Crippen molar-refractivity contribution in [3.8, 4) is 21.8 Å². The maximum Gasteiger partial charge on any atom is 0.267 e. The third kappa shape index (κ3) is 3.79. The van der Waals surface area contributed by atoms with Gasteiger partial charge in [-0.2, -0.15) is 0 Å². The molecule has 0 saturated heterocycles. The van der Waals surface area contributed by atoms with Crippen LogP contribution in [0.1, 0.15) is 20.4 Å². The van der Waals surface area contributed by atoms with Crippen LogP contribution in [0, 0.1) is 13.8 Å². The number of pyridine rings is 1. The van der Waals surface area contributed by atoms with Crippen LogP contribution >= 0.6 is 22.7 Å². The lowest BCUT2D eigenvalue weighted by Gasteiger charge is -2.06. The normalized spacial score (nSPS) is 10.7. The average Bonchev–Trinajstić information content (AvgIpc) is 3.29. The van der Waals surface area contributed by atoms with Crippen LogP contribution in [0.5, 0.6) is 0 Å². The molecule has 0 radical (unpaired) electrons. The summed E-state index contributed by atoms with van der Waals surface area (Å²) in [7, 11) is 0. The molecular weight excluding hydrogens is 376 g/mol. The fourth-order valence-corrected chi connectivity index (χ4v) is 4.23. The molecule has 0 saturated carbocycles. The highest BCUT2D eigenvalue weighted by molar-refractivity contribution is 7.17. The predicted octanol–water partition coefficient (Wildman–Crippen LogP) is 5.20. The number of anilines is 1. The van der Waals surface area contributed by atoms with Crippen LogP contribution in [0.3, 0.4) is 0 Å². The molecule has 0 unspecified atom stereocenters. The summed E-state index contributed by atoms with van der Waals surface area (Å²) in [6, 6.07) is 11.5. The molecule has 0 bridgehead atoms. The Morgan fingerprint density at radius 2 is 1.93 bits per heavy atom. The first-order valence-electron chi connectivity index (χ1n) is 8.32. The zero-order valence-electron chi connectivity index (χ0n) is 14.8. The minimum absolute atomic E-state index is 0.160. The van der Waals surface area contributed by atoms with Gasteiger partial charge in [0, 0.05) is 34.6 Å². The van der Waals surface area contributed by atoms with E-state index >= 15 is 0 Å². The Bertz CT molecular complexity index is 1100. The first-order chi connectivity index (χ1) is 13.1. The summed E-state index contributed by atoms with van der Waals surface area (Å²) in [5.41, 5.74) is 4.25. The van der Waals surface area contributed by atoms with E-state index in [0.717, 1.165) is 32.5 Å². The molecule has 1 aromatic carbocycles. The van der Waals surface area contributed by atoms with E-state index < -0.39 is 0 Å². The number of carbonyl (C=O) groups is 1. The summed E-state index contributed by atoms with van der Waals surface area (Å²) >= 11 is 2.98. The molecule has 1 N–H and O–H groups in total. The van der Waals surface area contributed by atoms with Gasteiger partial charge in [-0.1, -0.05) is 12.1 Å². The number of aryl methyl sites for hydroxylation is 2. The summed E-state index contributed by atoms with van der Waals surface area (Å²) in [6.45, 7) is 3.83. The van der Waals surface area contributed by atoms with E-state index in [2.05, 4.69) is 20.3 Å². The predicted molar refractivity (Wildman–Crippen MR) is 110 cm³/mol. The van der Waals surface area contributed by atoms with E-state index in [9.17, 15) is 4.79 Å². The van der Waals surface area contributed by atoms with Crippen molar-refractivity contribution in [2.45, 2.75) is 13.8 Å². The lowest BCUT2D eigenvalue weighted by atomic mass is 10.1. The second kappa shape index (κ2) is 7.38. The molecule has 27 heavy (non-hydrogen) atoms. The van der Waals surface area contributed by atoms with Crippen molar-refractivity contribution in [3.05, 3.63) is 69.8 Å². The lowest BCUT2D eigenvalue weighted by molar-refractivity contribution is 0.103. The molecule has 0 spiro atoms. The molecule has 0 aliphatic rings. The Morgan fingerprint density at radius 3 is 2.67 bits per heavy atom. The maximum atomic E-state index is 12.8. The molecule has 0 aliphatic carbocycles. The number of amides is 1. The summed E-state index contributed by atoms with van der Waals surface area (Å²) in [5.74, 6) is -0.160. The Balaban J connectivity index is 1.57. The van der Waals surface area contributed by atoms with Crippen molar-refractivity contribution in [1.29, 1.82) is 0 Å². The summed E-state index contributed by atoms with van der Waals surface area (Å²) < 4.78 is 0. The van der Waals surface area contributed by atoms with E-state index in [1.807, 2.05) is 55.6 Å². The minimum Gasteiger partial charge on any atom is -0.321 e. The van der Waals surface area contributed by atoms with Crippen molar-refractivity contribution < 1.29 is 4.79 Å². The third-order valence-electron chi connectivity index (χ3n) is 3.95. The third-order valence-corrected chi connectivity index (χ3v) is 5.93. The molecule has 7 heteroatoms. The Hall–Kier alpha value is -2.90. The number of hydrogen-bond donors (Lipinski definition) is 1. The number of nitrogens with zero attached hydrogens (tertiary/aromatic N) is 3. The van der Waals surface area contributed by atoms with Gasteiger partial charge in [0.05, 0.1) is 16.4 Å². The molecule has 3 aromatic heterocycles. The highest BCUT2D eigenvalue weighted by Crippen LogP contribution is 2.29. The van der Waals surface area contributed by atoms with Gasteiger partial charge >= 0.3 is 0 Å². The molecule has 0 fully saturated rings. The molecular formula is C20H16N4OS2. The lowest BCUT2D eigenvalue weighted by Crippen LogP contribution is -2.11. The smallest absolute Gasteiger partial charge is 0.267 e. The topological polar surface area (TPSA) is 67.8 Å². The fourth-order valence-electron chi connectivity index (χ4n) is 2.66. The van der Waals surface area contributed by atoms with Crippen LogP contribution < -0.4 is 5.32 Å². The van der Waals surface area contributed by atoms with Gasteiger partial charge in [0.1, 0.15) is 9.88 Å². The van der Waals surface area contributed by atoms with Crippen LogP contribution in [0.25, 0.3) is 21.8 Å². The van der Waals surface area contributed by atoms with Crippen LogP contribution in [0.4, 0.5) is 5.69 Å². The van der Waals surface area contributed by atoms with Crippen LogP contribution in [0.15, 0.2) is 54.2 Å². The quantitative estimate of drug-likeness (QED) is 0.518. The molecule has 134 valence electrons. The minimum atomic E-state index is -0.160. The highest BCUT2D eigenvalue weighted by Gasteiger charge is 2.17. The van der Waals surface area contributed by atoms with Crippen LogP contribution in [-0.4, -0.2) is 20.9 Å². The Morgan fingerprint density at radius 1 is 1.07 bits per heavy atom. The number of rotatable bonds is 4. The highest BCUT2D eigenvalue weighted by atomic mass is 32.1. The number of benzene rings is 1. The summed E-state index contributed by atoms with van der Waals surface area (Å²) in [6.07, 6.45) is 3.47. The monoisotopic (exact) mass is 392 g/mol. The van der Waals surface area contributed by atoms with Gasteiger partial charge in [-0.3, -0.25) is 9.78 Å². The molecule has 0 atom stereocenters. The van der Waals surface area contributed by atoms with Gasteiger partial charge in [0.2, 0.25) is 0 Å². The standard InChI is InChI=1S/C20H16N4OS2/c1-12-18(27-20(22-12)15-6-4-8-21-10-15)19(25)24-16-7-3-5-14(9-16)17-11-26-13(2)23-17/h3-11H,1-2H3,(H,24,25). The van der Waals surface area contributed by atoms with Crippen molar-refractivity contribution in [1.82, 2.24) is 15.0 Å². The van der Waals surface area contributed by atoms with E-state index in [1.165, 1.54) is 11.3 Å². The Labute approximate surface area is 164 Å². The van der Waals surface area contributed by atoms with Gasteiger partial charge in [-0.05, 0) is 38.1 Å².